The third-order valence-electron chi connectivity index (χ3n) is 2.78. The first-order chi connectivity index (χ1) is 10.1. The topological polar surface area (TPSA) is 154 Å². The molecule has 0 rings (SSSR count). The normalized spacial score (nSPS) is 15.2. The van der Waals surface area contributed by atoms with Crippen molar-refractivity contribution >= 4 is 24.0 Å². The van der Waals surface area contributed by atoms with Crippen molar-refractivity contribution in [2.45, 2.75) is 51.4 Å². The number of unbranched alkanes of at least 4 members (excludes halogenated alkanes) is 7. The summed E-state index contributed by atoms with van der Waals surface area (Å²) < 4.78 is 30.3. The predicted octanol–water partition coefficient (Wildman–Crippen LogP) is 2.63. The predicted molar refractivity (Wildman–Crippen MR) is 82.1 cm³/mol. The van der Waals surface area contributed by atoms with Crippen LogP contribution in [0.1, 0.15) is 51.4 Å². The SMILES string of the molecule is O=P(O)(O)OP(=O)(O)CCCCCCCCCCOP(O)O. The molecule has 134 valence electrons. The van der Waals surface area contributed by atoms with Crippen molar-refractivity contribution in [2.75, 3.05) is 12.8 Å². The Morgan fingerprint density at radius 1 is 0.773 bits per heavy atom. The largest absolute Gasteiger partial charge is 0.476 e. The molecule has 1 unspecified atom stereocenters. The molecule has 0 aromatic rings. The standard InChI is InChI=1S/C10H25O9P3/c11-20(12)18-9-7-5-3-1-2-4-6-8-10-21(13,14)19-22(15,16)17/h11-12H,1-10H2,(H,13,14)(H2,15,16,17). The first-order valence-electron chi connectivity index (χ1n) is 7.02. The number of rotatable bonds is 14. The van der Waals surface area contributed by atoms with Crippen LogP contribution in [0.5, 0.6) is 0 Å². The van der Waals surface area contributed by atoms with Gasteiger partial charge in [0.1, 0.15) is 0 Å². The Hall–Kier alpha value is 0.610. The molecule has 0 fully saturated rings. The van der Waals surface area contributed by atoms with E-state index in [-0.39, 0.29) is 6.16 Å². The molecule has 5 N–H and O–H groups in total. The minimum absolute atomic E-state index is 0.263. The number of hydrogen-bond donors (Lipinski definition) is 5. The summed E-state index contributed by atoms with van der Waals surface area (Å²) in [5, 5.41) is 0. The van der Waals surface area contributed by atoms with Crippen LogP contribution in [-0.4, -0.2) is 37.2 Å². The molecular formula is C10H25O9P3. The summed E-state index contributed by atoms with van der Waals surface area (Å²) in [7, 11) is -11.4. The van der Waals surface area contributed by atoms with E-state index in [1.165, 1.54) is 0 Å². The summed E-state index contributed by atoms with van der Waals surface area (Å²) in [4.78, 5) is 43.1. The molecule has 0 saturated carbocycles. The van der Waals surface area contributed by atoms with E-state index >= 15 is 0 Å². The van der Waals surface area contributed by atoms with Crippen LogP contribution >= 0.6 is 24.0 Å². The monoisotopic (exact) mass is 382 g/mol. The van der Waals surface area contributed by atoms with E-state index < -0.39 is 24.0 Å². The lowest BCUT2D eigenvalue weighted by Crippen LogP contribution is -1.94. The quantitative estimate of drug-likeness (QED) is 0.225. The lowest BCUT2D eigenvalue weighted by molar-refractivity contribution is 0.248. The van der Waals surface area contributed by atoms with Crippen molar-refractivity contribution in [3.8, 4) is 0 Å². The van der Waals surface area contributed by atoms with Gasteiger partial charge in [0.25, 0.3) is 0 Å². The van der Waals surface area contributed by atoms with Gasteiger partial charge >= 0.3 is 24.0 Å². The number of hydrogen-bond acceptors (Lipinski definition) is 6. The van der Waals surface area contributed by atoms with Gasteiger partial charge in [-0.25, -0.2) is 8.88 Å². The molecule has 0 aliphatic heterocycles. The zero-order valence-electron chi connectivity index (χ0n) is 12.3. The van der Waals surface area contributed by atoms with Crippen molar-refractivity contribution < 1.29 is 42.4 Å². The minimum Gasteiger partial charge on any atom is -0.328 e. The molecular weight excluding hydrogens is 357 g/mol. The molecule has 1 atom stereocenters. The Kier molecular flexibility index (Phi) is 12.4. The summed E-state index contributed by atoms with van der Waals surface area (Å²) in [5.41, 5.74) is 0. The highest BCUT2D eigenvalue weighted by molar-refractivity contribution is 7.63. The van der Waals surface area contributed by atoms with E-state index in [1.54, 1.807) is 0 Å². The second-order valence-electron chi connectivity index (χ2n) is 4.85. The van der Waals surface area contributed by atoms with Gasteiger partial charge in [-0.1, -0.05) is 38.5 Å². The van der Waals surface area contributed by atoms with E-state index in [2.05, 4.69) is 8.83 Å². The average Bonchev–Trinajstić information content (AvgIpc) is 2.32. The van der Waals surface area contributed by atoms with Crippen LogP contribution in [-0.2, 0) is 18.0 Å². The van der Waals surface area contributed by atoms with Crippen LogP contribution in [0.3, 0.4) is 0 Å². The highest BCUT2D eigenvalue weighted by Gasteiger charge is 2.29. The van der Waals surface area contributed by atoms with Crippen LogP contribution < -0.4 is 0 Å². The molecule has 0 aromatic heterocycles. The molecule has 0 saturated heterocycles. The summed E-state index contributed by atoms with van der Waals surface area (Å²) in [5.74, 6) is 0. The first-order valence-corrected chi connectivity index (χ1v) is 11.5. The fourth-order valence-electron chi connectivity index (χ4n) is 1.83. The lowest BCUT2D eigenvalue weighted by Gasteiger charge is -2.12. The highest BCUT2D eigenvalue weighted by Crippen LogP contribution is 2.57. The van der Waals surface area contributed by atoms with Gasteiger partial charge in [0, 0.05) is 0 Å². The van der Waals surface area contributed by atoms with E-state index in [9.17, 15) is 14.0 Å². The third-order valence-corrected chi connectivity index (χ3v) is 5.94. The fraction of sp³-hybridized carbons (Fsp3) is 1.00. The highest BCUT2D eigenvalue weighted by atomic mass is 31.3. The van der Waals surface area contributed by atoms with Crippen LogP contribution in [0, 0.1) is 0 Å². The molecule has 12 heteroatoms. The maximum Gasteiger partial charge on any atom is 0.476 e. The van der Waals surface area contributed by atoms with Gasteiger partial charge in [-0.3, -0.25) is 4.57 Å². The Balaban J connectivity index is 3.40. The molecule has 0 bridgehead atoms. The van der Waals surface area contributed by atoms with Crippen LogP contribution in [0.15, 0.2) is 0 Å². The fourth-order valence-corrected chi connectivity index (χ4v) is 4.40. The summed E-state index contributed by atoms with van der Waals surface area (Å²) in [6.07, 6.45) is 6.34. The summed E-state index contributed by atoms with van der Waals surface area (Å²) >= 11 is 0. The molecule has 9 nitrogen and oxygen atoms in total. The van der Waals surface area contributed by atoms with Crippen molar-refractivity contribution in [3.05, 3.63) is 0 Å². The Morgan fingerprint density at radius 3 is 1.68 bits per heavy atom. The Labute approximate surface area is 131 Å². The molecule has 0 aliphatic rings. The smallest absolute Gasteiger partial charge is 0.328 e. The van der Waals surface area contributed by atoms with E-state index in [0.29, 0.717) is 19.4 Å². The Morgan fingerprint density at radius 2 is 1.23 bits per heavy atom. The number of phosphoric acid groups is 1. The lowest BCUT2D eigenvalue weighted by atomic mass is 10.1. The molecule has 0 spiro atoms. The second kappa shape index (κ2) is 12.0. The summed E-state index contributed by atoms with van der Waals surface area (Å²) in [6.45, 7) is 0.337. The Bertz CT molecular complexity index is 371. The van der Waals surface area contributed by atoms with Crippen molar-refractivity contribution in [1.29, 1.82) is 0 Å². The molecule has 22 heavy (non-hydrogen) atoms. The van der Waals surface area contributed by atoms with Crippen molar-refractivity contribution in [2.24, 2.45) is 0 Å². The first kappa shape index (κ1) is 22.6. The van der Waals surface area contributed by atoms with Gasteiger partial charge < -0.3 is 29.0 Å². The summed E-state index contributed by atoms with van der Waals surface area (Å²) in [6, 6.07) is 0. The van der Waals surface area contributed by atoms with Gasteiger partial charge in [0.05, 0.1) is 12.8 Å². The van der Waals surface area contributed by atoms with E-state index in [4.69, 9.17) is 19.6 Å². The zero-order chi connectivity index (χ0) is 17.1. The third kappa shape index (κ3) is 17.0. The van der Waals surface area contributed by atoms with E-state index in [1.807, 2.05) is 0 Å². The molecule has 0 radical (unpaired) electrons. The maximum absolute atomic E-state index is 11.3. The van der Waals surface area contributed by atoms with Crippen molar-refractivity contribution in [3.63, 3.8) is 0 Å². The zero-order valence-corrected chi connectivity index (χ0v) is 15.0. The van der Waals surface area contributed by atoms with Gasteiger partial charge in [-0.05, 0) is 12.8 Å². The molecule has 0 aliphatic carbocycles. The molecule has 0 heterocycles. The minimum atomic E-state index is -4.93. The van der Waals surface area contributed by atoms with Crippen LogP contribution in [0.4, 0.5) is 0 Å². The maximum atomic E-state index is 11.3. The van der Waals surface area contributed by atoms with Crippen molar-refractivity contribution in [1.82, 2.24) is 0 Å². The van der Waals surface area contributed by atoms with Gasteiger partial charge in [0.15, 0.2) is 0 Å². The second-order valence-corrected chi connectivity index (χ2v) is 8.97. The average molecular weight is 382 g/mol. The van der Waals surface area contributed by atoms with Gasteiger partial charge in [-0.15, -0.1) is 0 Å². The molecule has 0 amide bonds. The van der Waals surface area contributed by atoms with Crippen LogP contribution in [0.25, 0.3) is 0 Å². The van der Waals surface area contributed by atoms with E-state index in [0.717, 1.165) is 38.5 Å². The van der Waals surface area contributed by atoms with Gasteiger partial charge in [-0.2, -0.15) is 0 Å². The molecule has 0 aromatic carbocycles. The van der Waals surface area contributed by atoms with Gasteiger partial charge in [0.2, 0.25) is 0 Å². The van der Waals surface area contributed by atoms with Crippen LogP contribution in [0.2, 0.25) is 0 Å².